The first-order valence-corrected chi connectivity index (χ1v) is 7.76. The number of carbonyl (C=O) groups excluding carboxylic acids is 1. The Kier molecular flexibility index (Phi) is 4.79. The number of ether oxygens (including phenoxy) is 3. The van der Waals surface area contributed by atoms with Crippen molar-refractivity contribution in [1.29, 1.82) is 0 Å². The van der Waals surface area contributed by atoms with Crippen LogP contribution >= 0.6 is 0 Å². The lowest BCUT2D eigenvalue weighted by Crippen LogP contribution is -2.08. The molecule has 5 nitrogen and oxygen atoms in total. The molecule has 3 rings (SSSR count). The minimum Gasteiger partial charge on any atom is -0.496 e. The van der Waals surface area contributed by atoms with Crippen LogP contribution in [0.25, 0.3) is 0 Å². The molecule has 0 saturated heterocycles. The summed E-state index contributed by atoms with van der Waals surface area (Å²) in [5.74, 6) is 1.91. The molecule has 0 bridgehead atoms. The van der Waals surface area contributed by atoms with Crippen LogP contribution in [0, 0.1) is 0 Å². The van der Waals surface area contributed by atoms with Crippen LogP contribution < -0.4 is 14.2 Å². The zero-order valence-corrected chi connectivity index (χ0v) is 13.7. The molecule has 0 fully saturated rings. The number of Topliss-reactive ketones (excluding diaryl/α,β-unsaturated/α-hetero) is 1. The Labute approximate surface area is 140 Å². The Morgan fingerprint density at radius 3 is 2.88 bits per heavy atom. The van der Waals surface area contributed by atoms with Crippen LogP contribution in [0.3, 0.4) is 0 Å². The maximum Gasteiger partial charge on any atom is 0.231 e. The summed E-state index contributed by atoms with van der Waals surface area (Å²) in [6, 6.07) is 12.9. The average molecular weight is 325 g/mol. The maximum absolute atomic E-state index is 12.3. The number of methoxy groups -OCH3 is 1. The predicted molar refractivity (Wildman–Crippen MR) is 91.5 cm³/mol. The van der Waals surface area contributed by atoms with E-state index in [0.29, 0.717) is 17.7 Å². The quantitative estimate of drug-likeness (QED) is 0.604. The first-order valence-electron chi connectivity index (χ1n) is 7.76. The van der Waals surface area contributed by atoms with E-state index in [1.807, 2.05) is 31.2 Å². The highest BCUT2D eigenvalue weighted by molar-refractivity contribution is 6.36. The number of benzene rings is 2. The van der Waals surface area contributed by atoms with E-state index in [1.165, 1.54) is 6.21 Å². The minimum absolute atomic E-state index is 0.0240. The van der Waals surface area contributed by atoms with Crippen molar-refractivity contribution in [2.75, 3.05) is 13.9 Å². The first-order chi connectivity index (χ1) is 11.7. The normalized spacial score (nSPS) is 13.9. The van der Waals surface area contributed by atoms with Crippen LogP contribution in [0.4, 0.5) is 0 Å². The van der Waals surface area contributed by atoms with Crippen molar-refractivity contribution >= 4 is 12.0 Å². The van der Waals surface area contributed by atoms with Gasteiger partial charge in [-0.2, -0.15) is 0 Å². The maximum atomic E-state index is 12.3. The van der Waals surface area contributed by atoms with Crippen LogP contribution in [-0.4, -0.2) is 31.9 Å². The summed E-state index contributed by atoms with van der Waals surface area (Å²) in [5, 5.41) is 0. The molecule has 0 aliphatic carbocycles. The second-order valence-corrected chi connectivity index (χ2v) is 5.58. The Morgan fingerprint density at radius 1 is 1.25 bits per heavy atom. The van der Waals surface area contributed by atoms with Crippen molar-refractivity contribution < 1.29 is 19.0 Å². The highest BCUT2D eigenvalue weighted by Crippen LogP contribution is 2.32. The van der Waals surface area contributed by atoms with Gasteiger partial charge in [-0.1, -0.05) is 18.2 Å². The molecule has 0 saturated carbocycles. The fourth-order valence-corrected chi connectivity index (χ4v) is 2.57. The zero-order valence-electron chi connectivity index (χ0n) is 13.7. The molecule has 1 heterocycles. The molecule has 24 heavy (non-hydrogen) atoms. The Balaban J connectivity index is 1.64. The third-order valence-electron chi connectivity index (χ3n) is 3.79. The van der Waals surface area contributed by atoms with Gasteiger partial charge in [0.1, 0.15) is 5.75 Å². The predicted octanol–water partition coefficient (Wildman–Crippen LogP) is 3.31. The fraction of sp³-hybridized carbons (Fsp3) is 0.263. The van der Waals surface area contributed by atoms with Crippen molar-refractivity contribution in [3.05, 3.63) is 53.6 Å². The van der Waals surface area contributed by atoms with Gasteiger partial charge in [0, 0.05) is 0 Å². The van der Waals surface area contributed by atoms with E-state index < -0.39 is 0 Å². The zero-order chi connectivity index (χ0) is 16.9. The molecule has 2 aromatic rings. The Bertz CT molecular complexity index is 770. The smallest absolute Gasteiger partial charge is 0.231 e. The fourth-order valence-electron chi connectivity index (χ4n) is 2.57. The van der Waals surface area contributed by atoms with Gasteiger partial charge in [0.25, 0.3) is 0 Å². The summed E-state index contributed by atoms with van der Waals surface area (Å²) in [6.07, 6.45) is 2.09. The summed E-state index contributed by atoms with van der Waals surface area (Å²) in [4.78, 5) is 16.6. The topological polar surface area (TPSA) is 57.1 Å². The van der Waals surface area contributed by atoms with E-state index in [1.54, 1.807) is 25.3 Å². The van der Waals surface area contributed by atoms with Crippen molar-refractivity contribution in [3.63, 3.8) is 0 Å². The van der Waals surface area contributed by atoms with Crippen molar-refractivity contribution in [3.8, 4) is 17.2 Å². The summed E-state index contributed by atoms with van der Waals surface area (Å²) in [7, 11) is 1.55. The number of fused-ring (bicyclic) bond motifs is 1. The molecular weight excluding hydrogens is 306 g/mol. The van der Waals surface area contributed by atoms with Gasteiger partial charge in [0.05, 0.1) is 24.9 Å². The SMILES string of the molecule is COc1ccccc1C(=O)/C=N\C(C)Cc1ccc2c(c1)OCO2. The Hall–Kier alpha value is -2.82. The molecule has 1 aliphatic heterocycles. The van der Waals surface area contributed by atoms with Crippen molar-refractivity contribution in [2.45, 2.75) is 19.4 Å². The largest absolute Gasteiger partial charge is 0.496 e. The monoisotopic (exact) mass is 325 g/mol. The standard InChI is InChI=1S/C19H19NO4/c1-13(9-14-7-8-18-19(10-14)24-12-23-18)20-11-16(21)15-5-3-4-6-17(15)22-2/h3-8,10-11,13H,9,12H2,1-2H3/b20-11-. The van der Waals surface area contributed by atoms with E-state index >= 15 is 0 Å². The number of aliphatic imine (C=N–C) groups is 1. The van der Waals surface area contributed by atoms with Gasteiger partial charge < -0.3 is 14.2 Å². The highest BCUT2D eigenvalue weighted by Gasteiger charge is 2.14. The van der Waals surface area contributed by atoms with E-state index in [4.69, 9.17) is 14.2 Å². The molecule has 0 aromatic heterocycles. The number of hydrogen-bond acceptors (Lipinski definition) is 5. The molecule has 1 atom stereocenters. The Morgan fingerprint density at radius 2 is 2.04 bits per heavy atom. The molecule has 1 aliphatic rings. The number of hydrogen-bond donors (Lipinski definition) is 0. The number of carbonyl (C=O) groups is 1. The molecule has 124 valence electrons. The lowest BCUT2D eigenvalue weighted by Gasteiger charge is -2.08. The van der Waals surface area contributed by atoms with Gasteiger partial charge in [-0.25, -0.2) is 0 Å². The summed E-state index contributed by atoms with van der Waals surface area (Å²) >= 11 is 0. The molecule has 1 unspecified atom stereocenters. The molecule has 5 heteroatoms. The molecule has 0 radical (unpaired) electrons. The van der Waals surface area contributed by atoms with Crippen LogP contribution in [-0.2, 0) is 6.42 Å². The van der Waals surface area contributed by atoms with Crippen LogP contribution in [0.2, 0.25) is 0 Å². The third-order valence-corrected chi connectivity index (χ3v) is 3.79. The lowest BCUT2D eigenvalue weighted by atomic mass is 10.1. The van der Waals surface area contributed by atoms with E-state index in [0.717, 1.165) is 17.1 Å². The van der Waals surface area contributed by atoms with E-state index in [2.05, 4.69) is 4.99 Å². The lowest BCUT2D eigenvalue weighted by molar-refractivity contribution is 0.106. The highest BCUT2D eigenvalue weighted by atomic mass is 16.7. The molecule has 0 amide bonds. The minimum atomic E-state index is -0.162. The van der Waals surface area contributed by atoms with Crippen molar-refractivity contribution in [1.82, 2.24) is 0 Å². The van der Waals surface area contributed by atoms with Crippen LogP contribution in [0.5, 0.6) is 17.2 Å². The van der Waals surface area contributed by atoms with Crippen LogP contribution in [0.1, 0.15) is 22.8 Å². The van der Waals surface area contributed by atoms with E-state index in [9.17, 15) is 4.79 Å². The number of rotatable bonds is 6. The van der Waals surface area contributed by atoms with Crippen molar-refractivity contribution in [2.24, 2.45) is 4.99 Å². The van der Waals surface area contributed by atoms with E-state index in [-0.39, 0.29) is 18.6 Å². The third kappa shape index (κ3) is 3.56. The molecule has 0 spiro atoms. The molecular formula is C19H19NO4. The average Bonchev–Trinajstić information content (AvgIpc) is 3.07. The van der Waals surface area contributed by atoms with Gasteiger partial charge in [-0.05, 0) is 43.2 Å². The molecule has 2 aromatic carbocycles. The van der Waals surface area contributed by atoms with Gasteiger partial charge >= 0.3 is 0 Å². The summed E-state index contributed by atoms with van der Waals surface area (Å²) < 4.78 is 15.9. The van der Waals surface area contributed by atoms with Gasteiger partial charge in [-0.3, -0.25) is 9.79 Å². The summed E-state index contributed by atoms with van der Waals surface area (Å²) in [6.45, 7) is 2.23. The number of ketones is 1. The van der Waals surface area contributed by atoms with Gasteiger partial charge in [0.15, 0.2) is 11.5 Å². The van der Waals surface area contributed by atoms with Gasteiger partial charge in [0.2, 0.25) is 12.6 Å². The van der Waals surface area contributed by atoms with Gasteiger partial charge in [-0.15, -0.1) is 0 Å². The first kappa shape index (κ1) is 16.1. The number of nitrogens with zero attached hydrogens (tertiary/aromatic N) is 1. The van der Waals surface area contributed by atoms with Crippen LogP contribution in [0.15, 0.2) is 47.5 Å². The second kappa shape index (κ2) is 7.17. The summed E-state index contributed by atoms with van der Waals surface area (Å²) in [5.41, 5.74) is 1.60. The molecule has 0 N–H and O–H groups in total. The number of para-hydroxylation sites is 1. The second-order valence-electron chi connectivity index (χ2n) is 5.58.